The highest BCUT2D eigenvalue weighted by molar-refractivity contribution is 5.68. The first kappa shape index (κ1) is 18.2. The second-order valence-electron chi connectivity index (χ2n) is 9.28. The lowest BCUT2D eigenvalue weighted by molar-refractivity contribution is -0.0768. The minimum atomic E-state index is -0.432. The van der Waals surface area contributed by atoms with Crippen LogP contribution >= 0.6 is 0 Å². The number of fused-ring (bicyclic) bond motifs is 2. The van der Waals surface area contributed by atoms with Gasteiger partial charge in [-0.3, -0.25) is 4.90 Å². The zero-order valence-electron chi connectivity index (χ0n) is 16.3. The van der Waals surface area contributed by atoms with E-state index < -0.39 is 5.60 Å². The third-order valence-electron chi connectivity index (χ3n) is 5.84. The molecule has 0 radical (unpaired) electrons. The van der Waals surface area contributed by atoms with Crippen LogP contribution in [0.25, 0.3) is 0 Å². The van der Waals surface area contributed by atoms with Gasteiger partial charge in [-0.15, -0.1) is 0 Å². The Balaban J connectivity index is 1.68. The van der Waals surface area contributed by atoms with Gasteiger partial charge >= 0.3 is 6.09 Å². The zero-order valence-corrected chi connectivity index (χ0v) is 16.3. The van der Waals surface area contributed by atoms with E-state index in [1.807, 2.05) is 25.7 Å². The van der Waals surface area contributed by atoms with Crippen LogP contribution in [0.15, 0.2) is 30.3 Å². The molecule has 1 aromatic carbocycles. The summed E-state index contributed by atoms with van der Waals surface area (Å²) < 4.78 is 5.61. The number of carbonyl (C=O) groups is 1. The molecule has 3 rings (SSSR count). The van der Waals surface area contributed by atoms with Crippen LogP contribution < -0.4 is 0 Å². The largest absolute Gasteiger partial charge is 0.444 e. The molecule has 138 valence electrons. The maximum atomic E-state index is 12.5. The lowest BCUT2D eigenvalue weighted by Gasteiger charge is -2.55. The molecule has 1 aromatic rings. The molecule has 2 bridgehead atoms. The van der Waals surface area contributed by atoms with E-state index in [9.17, 15) is 4.79 Å². The fourth-order valence-electron chi connectivity index (χ4n) is 4.14. The van der Waals surface area contributed by atoms with Gasteiger partial charge in [0, 0.05) is 32.7 Å². The number of likely N-dealkylation sites (tertiary alicyclic amines) is 2. The normalized spacial score (nSPS) is 26.4. The van der Waals surface area contributed by atoms with Crippen LogP contribution in [0.5, 0.6) is 0 Å². The molecule has 1 amide bonds. The molecule has 0 N–H and O–H groups in total. The highest BCUT2D eigenvalue weighted by Gasteiger charge is 2.49. The SMILES string of the molecule is CC(C)(C)OC(=O)N1CC2CN(Cc3ccccc3)CC(C1)C2(C)C. The van der Waals surface area contributed by atoms with Gasteiger partial charge in [0.15, 0.2) is 0 Å². The van der Waals surface area contributed by atoms with Gasteiger partial charge in [0.2, 0.25) is 0 Å². The lowest BCUT2D eigenvalue weighted by atomic mass is 9.63. The first-order valence-corrected chi connectivity index (χ1v) is 9.39. The molecule has 25 heavy (non-hydrogen) atoms. The monoisotopic (exact) mass is 344 g/mol. The Morgan fingerprint density at radius 3 is 2.16 bits per heavy atom. The Labute approximate surface area is 152 Å². The molecular weight excluding hydrogens is 312 g/mol. The van der Waals surface area contributed by atoms with Crippen LogP contribution in [0, 0.1) is 17.3 Å². The van der Waals surface area contributed by atoms with Crippen LogP contribution in [0.2, 0.25) is 0 Å². The maximum absolute atomic E-state index is 12.5. The van der Waals surface area contributed by atoms with Crippen molar-refractivity contribution in [1.29, 1.82) is 0 Å². The summed E-state index contributed by atoms with van der Waals surface area (Å²) in [7, 11) is 0. The van der Waals surface area contributed by atoms with E-state index in [1.165, 1.54) is 5.56 Å². The van der Waals surface area contributed by atoms with Crippen molar-refractivity contribution >= 4 is 6.09 Å². The standard InChI is InChI=1S/C21H32N2O2/c1-20(2,3)25-19(24)23-14-17-12-22(11-16-9-7-6-8-10-16)13-18(15-23)21(17,4)5/h6-10,17-18H,11-15H2,1-5H3. The Kier molecular flexibility index (Phi) is 4.84. The average Bonchev–Trinajstić information content (AvgIpc) is 2.47. The van der Waals surface area contributed by atoms with Gasteiger partial charge in [0.1, 0.15) is 5.60 Å². The second-order valence-corrected chi connectivity index (χ2v) is 9.28. The van der Waals surface area contributed by atoms with E-state index in [0.29, 0.717) is 11.8 Å². The van der Waals surface area contributed by atoms with Gasteiger partial charge in [0.25, 0.3) is 0 Å². The fourth-order valence-corrected chi connectivity index (χ4v) is 4.14. The van der Waals surface area contributed by atoms with Crippen LogP contribution in [0.4, 0.5) is 4.79 Å². The summed E-state index contributed by atoms with van der Waals surface area (Å²) in [5, 5.41) is 0. The van der Waals surface area contributed by atoms with Crippen molar-refractivity contribution in [2.24, 2.45) is 17.3 Å². The van der Waals surface area contributed by atoms with Crippen molar-refractivity contribution < 1.29 is 9.53 Å². The van der Waals surface area contributed by atoms with E-state index in [2.05, 4.69) is 49.1 Å². The van der Waals surface area contributed by atoms with Crippen molar-refractivity contribution in [3.05, 3.63) is 35.9 Å². The average molecular weight is 344 g/mol. The number of ether oxygens (including phenoxy) is 1. The molecular formula is C21H32N2O2. The molecule has 2 fully saturated rings. The van der Waals surface area contributed by atoms with Crippen LogP contribution in [0.1, 0.15) is 40.2 Å². The Hall–Kier alpha value is -1.55. The van der Waals surface area contributed by atoms with E-state index in [4.69, 9.17) is 4.74 Å². The van der Waals surface area contributed by atoms with Gasteiger partial charge in [0.05, 0.1) is 0 Å². The van der Waals surface area contributed by atoms with E-state index in [-0.39, 0.29) is 11.5 Å². The zero-order chi connectivity index (χ0) is 18.2. The van der Waals surface area contributed by atoms with Crippen molar-refractivity contribution in [3.63, 3.8) is 0 Å². The summed E-state index contributed by atoms with van der Waals surface area (Å²) in [6.07, 6.45) is -0.158. The quantitative estimate of drug-likeness (QED) is 0.812. The van der Waals surface area contributed by atoms with Crippen molar-refractivity contribution in [2.75, 3.05) is 26.2 Å². The Bertz CT molecular complexity index is 588. The predicted octanol–water partition coefficient (Wildman–Crippen LogP) is 4.01. The van der Waals surface area contributed by atoms with Crippen molar-refractivity contribution in [3.8, 4) is 0 Å². The minimum Gasteiger partial charge on any atom is -0.444 e. The highest BCUT2D eigenvalue weighted by Crippen LogP contribution is 2.44. The highest BCUT2D eigenvalue weighted by atomic mass is 16.6. The van der Waals surface area contributed by atoms with Crippen molar-refractivity contribution in [1.82, 2.24) is 9.80 Å². The van der Waals surface area contributed by atoms with Crippen LogP contribution in [-0.2, 0) is 11.3 Å². The number of rotatable bonds is 2. The molecule has 0 aromatic heterocycles. The van der Waals surface area contributed by atoms with Gasteiger partial charge < -0.3 is 9.64 Å². The Morgan fingerprint density at radius 2 is 1.64 bits per heavy atom. The number of nitrogens with zero attached hydrogens (tertiary/aromatic N) is 2. The molecule has 2 aliphatic heterocycles. The predicted molar refractivity (Wildman–Crippen MR) is 100 cm³/mol. The molecule has 2 heterocycles. The van der Waals surface area contributed by atoms with Crippen LogP contribution in [-0.4, -0.2) is 47.7 Å². The summed E-state index contributed by atoms with van der Waals surface area (Å²) in [5.74, 6) is 0.965. The van der Waals surface area contributed by atoms with Crippen LogP contribution in [0.3, 0.4) is 0 Å². The van der Waals surface area contributed by atoms with E-state index in [1.54, 1.807) is 0 Å². The van der Waals surface area contributed by atoms with E-state index >= 15 is 0 Å². The second kappa shape index (κ2) is 6.64. The molecule has 2 aliphatic rings. The number of hydrogen-bond donors (Lipinski definition) is 0. The molecule has 2 unspecified atom stereocenters. The number of amides is 1. The molecule has 4 nitrogen and oxygen atoms in total. The van der Waals surface area contributed by atoms with Gasteiger partial charge in [-0.1, -0.05) is 44.2 Å². The lowest BCUT2D eigenvalue weighted by Crippen LogP contribution is -2.62. The Morgan fingerprint density at radius 1 is 1.08 bits per heavy atom. The number of carbonyl (C=O) groups excluding carboxylic acids is 1. The first-order valence-electron chi connectivity index (χ1n) is 9.39. The molecule has 4 heteroatoms. The fraction of sp³-hybridized carbons (Fsp3) is 0.667. The summed E-state index contributed by atoms with van der Waals surface area (Å²) in [6, 6.07) is 10.7. The number of hydrogen-bond acceptors (Lipinski definition) is 3. The maximum Gasteiger partial charge on any atom is 0.410 e. The molecule has 2 atom stereocenters. The van der Waals surface area contributed by atoms with E-state index in [0.717, 1.165) is 32.7 Å². The third-order valence-corrected chi connectivity index (χ3v) is 5.84. The summed E-state index contributed by atoms with van der Waals surface area (Å²) >= 11 is 0. The number of benzene rings is 1. The van der Waals surface area contributed by atoms with Gasteiger partial charge in [-0.05, 0) is 43.6 Å². The summed E-state index contributed by atoms with van der Waals surface area (Å²) in [6.45, 7) is 15.2. The van der Waals surface area contributed by atoms with Gasteiger partial charge in [-0.2, -0.15) is 0 Å². The molecule has 2 saturated heterocycles. The summed E-state index contributed by atoms with van der Waals surface area (Å²) in [5.41, 5.74) is 1.20. The van der Waals surface area contributed by atoms with Gasteiger partial charge in [-0.25, -0.2) is 4.79 Å². The molecule has 0 saturated carbocycles. The third kappa shape index (κ3) is 4.17. The first-order chi connectivity index (χ1) is 11.6. The molecule has 0 aliphatic carbocycles. The van der Waals surface area contributed by atoms with Crippen molar-refractivity contribution in [2.45, 2.75) is 46.8 Å². The smallest absolute Gasteiger partial charge is 0.410 e. The minimum absolute atomic E-state index is 0.158. The topological polar surface area (TPSA) is 32.8 Å². The number of piperidine rings is 2. The molecule has 0 spiro atoms. The summed E-state index contributed by atoms with van der Waals surface area (Å²) in [4.78, 5) is 17.0.